The number of anilines is 2. The van der Waals surface area contributed by atoms with Crippen molar-refractivity contribution in [3.8, 4) is 5.75 Å². The Morgan fingerprint density at radius 1 is 1.37 bits per heavy atom. The van der Waals surface area contributed by atoms with Crippen LogP contribution in [0.1, 0.15) is 27.2 Å². The van der Waals surface area contributed by atoms with Crippen LogP contribution < -0.4 is 21.3 Å². The van der Waals surface area contributed by atoms with E-state index in [1.165, 1.54) is 13.4 Å². The van der Waals surface area contributed by atoms with Crippen LogP contribution in [0.25, 0.3) is 0 Å². The molecule has 1 rings (SSSR count). The molecule has 0 saturated carbocycles. The zero-order valence-electron chi connectivity index (χ0n) is 11.9. The number of ether oxygens (including phenoxy) is 1. The van der Waals surface area contributed by atoms with Gasteiger partial charge in [0.2, 0.25) is 5.75 Å². The number of rotatable bonds is 6. The highest BCUT2D eigenvalue weighted by molar-refractivity contribution is 5.62. The van der Waals surface area contributed by atoms with E-state index < -0.39 is 6.10 Å². The molecule has 108 valence electrons. The Balaban J connectivity index is 2.67. The van der Waals surface area contributed by atoms with Crippen LogP contribution in [-0.2, 0) is 0 Å². The van der Waals surface area contributed by atoms with Gasteiger partial charge in [0.25, 0.3) is 0 Å². The van der Waals surface area contributed by atoms with Crippen molar-refractivity contribution in [2.75, 3.05) is 24.4 Å². The summed E-state index contributed by atoms with van der Waals surface area (Å²) in [6, 6.07) is 0. The molecule has 0 amide bonds. The Bertz CT molecular complexity index is 406. The fourth-order valence-electron chi connectivity index (χ4n) is 1.79. The van der Waals surface area contributed by atoms with Gasteiger partial charge in [0.15, 0.2) is 11.6 Å². The summed E-state index contributed by atoms with van der Waals surface area (Å²) in [6.45, 7) is 6.63. The van der Waals surface area contributed by atoms with Crippen LogP contribution in [0.2, 0.25) is 0 Å². The molecular formula is C12H23N5O2. The molecule has 0 aromatic carbocycles. The van der Waals surface area contributed by atoms with Crippen molar-refractivity contribution in [3.05, 3.63) is 6.33 Å². The van der Waals surface area contributed by atoms with E-state index in [0.29, 0.717) is 30.4 Å². The second kappa shape index (κ2) is 6.53. The number of nitrogens with two attached hydrogens (primary N) is 1. The lowest BCUT2D eigenvalue weighted by molar-refractivity contribution is 0.132. The van der Waals surface area contributed by atoms with Crippen molar-refractivity contribution in [3.63, 3.8) is 0 Å². The number of hydrogen-bond donors (Lipinski definition) is 4. The quantitative estimate of drug-likeness (QED) is 0.450. The topological polar surface area (TPSA) is 105 Å². The number of hydrogen-bond acceptors (Lipinski definition) is 7. The Kier molecular flexibility index (Phi) is 5.31. The number of nitrogen functional groups attached to an aromatic ring is 1. The second-order valence-electron chi connectivity index (χ2n) is 5.55. The molecule has 0 radical (unpaired) electrons. The van der Waals surface area contributed by atoms with Crippen LogP contribution in [-0.4, -0.2) is 34.8 Å². The monoisotopic (exact) mass is 269 g/mol. The molecule has 0 fully saturated rings. The van der Waals surface area contributed by atoms with E-state index in [2.05, 4.69) is 41.5 Å². The first-order valence-electron chi connectivity index (χ1n) is 6.15. The third-order valence-electron chi connectivity index (χ3n) is 2.50. The fraction of sp³-hybridized carbons (Fsp3) is 0.667. The van der Waals surface area contributed by atoms with E-state index >= 15 is 0 Å². The Morgan fingerprint density at radius 3 is 2.53 bits per heavy atom. The molecule has 1 unspecified atom stereocenters. The average molecular weight is 269 g/mol. The van der Waals surface area contributed by atoms with Crippen molar-refractivity contribution in [1.82, 2.24) is 9.97 Å². The van der Waals surface area contributed by atoms with Crippen LogP contribution in [0, 0.1) is 5.41 Å². The highest BCUT2D eigenvalue weighted by Gasteiger charge is 2.18. The maximum Gasteiger partial charge on any atom is 0.205 e. The van der Waals surface area contributed by atoms with Gasteiger partial charge in [-0.15, -0.1) is 0 Å². The summed E-state index contributed by atoms with van der Waals surface area (Å²) in [7, 11) is 1.51. The first-order chi connectivity index (χ1) is 8.87. The molecule has 0 bridgehead atoms. The Morgan fingerprint density at radius 2 is 2.00 bits per heavy atom. The fourth-order valence-corrected chi connectivity index (χ4v) is 1.79. The number of methoxy groups -OCH3 is 1. The minimum absolute atomic E-state index is 0.0703. The van der Waals surface area contributed by atoms with Crippen molar-refractivity contribution < 1.29 is 9.84 Å². The van der Waals surface area contributed by atoms with Gasteiger partial charge in [0.05, 0.1) is 13.2 Å². The molecule has 5 N–H and O–H groups in total. The molecule has 1 heterocycles. The molecule has 0 aliphatic rings. The van der Waals surface area contributed by atoms with Crippen LogP contribution in [0.3, 0.4) is 0 Å². The van der Waals surface area contributed by atoms with Gasteiger partial charge in [0.1, 0.15) is 6.33 Å². The summed E-state index contributed by atoms with van der Waals surface area (Å²) >= 11 is 0. The van der Waals surface area contributed by atoms with Crippen LogP contribution in [0.4, 0.5) is 11.6 Å². The number of aliphatic hydroxyl groups is 1. The maximum absolute atomic E-state index is 9.95. The zero-order valence-corrected chi connectivity index (χ0v) is 11.9. The minimum Gasteiger partial charge on any atom is -0.490 e. The van der Waals surface area contributed by atoms with Gasteiger partial charge in [-0.05, 0) is 11.8 Å². The van der Waals surface area contributed by atoms with Gasteiger partial charge >= 0.3 is 0 Å². The molecule has 0 spiro atoms. The first-order valence-corrected chi connectivity index (χ1v) is 6.15. The van der Waals surface area contributed by atoms with E-state index in [0.717, 1.165) is 0 Å². The van der Waals surface area contributed by atoms with Crippen LogP contribution in [0.15, 0.2) is 6.33 Å². The van der Waals surface area contributed by atoms with Crippen LogP contribution >= 0.6 is 0 Å². The molecule has 7 heteroatoms. The van der Waals surface area contributed by atoms with Crippen molar-refractivity contribution in [1.29, 1.82) is 0 Å². The maximum atomic E-state index is 9.95. The van der Waals surface area contributed by atoms with Crippen molar-refractivity contribution in [2.45, 2.75) is 33.3 Å². The number of aromatic nitrogens is 2. The van der Waals surface area contributed by atoms with Gasteiger partial charge in [-0.1, -0.05) is 20.8 Å². The van der Waals surface area contributed by atoms with E-state index in [4.69, 9.17) is 10.6 Å². The normalized spacial score (nSPS) is 12.9. The SMILES string of the molecule is COc1c(NN)ncnc1NCC(O)CC(C)(C)C. The minimum atomic E-state index is -0.464. The van der Waals surface area contributed by atoms with E-state index in [9.17, 15) is 5.11 Å². The number of hydrazine groups is 1. The average Bonchev–Trinajstić information content (AvgIpc) is 2.33. The highest BCUT2D eigenvalue weighted by atomic mass is 16.5. The summed E-state index contributed by atoms with van der Waals surface area (Å²) in [5.74, 6) is 6.65. The first kappa shape index (κ1) is 15.5. The third-order valence-corrected chi connectivity index (χ3v) is 2.50. The summed E-state index contributed by atoms with van der Waals surface area (Å²) in [4.78, 5) is 8.01. The molecule has 19 heavy (non-hydrogen) atoms. The summed E-state index contributed by atoms with van der Waals surface area (Å²) in [5.41, 5.74) is 2.50. The highest BCUT2D eigenvalue weighted by Crippen LogP contribution is 2.28. The third kappa shape index (κ3) is 4.88. The number of aliphatic hydroxyl groups excluding tert-OH is 1. The molecule has 0 aliphatic carbocycles. The second-order valence-corrected chi connectivity index (χ2v) is 5.55. The molecule has 1 aromatic rings. The summed E-state index contributed by atoms with van der Waals surface area (Å²) in [5, 5.41) is 13.0. The molecule has 1 aromatic heterocycles. The lowest BCUT2D eigenvalue weighted by Gasteiger charge is -2.23. The van der Waals surface area contributed by atoms with Gasteiger partial charge in [-0.25, -0.2) is 15.8 Å². The molecular weight excluding hydrogens is 246 g/mol. The lowest BCUT2D eigenvalue weighted by Crippen LogP contribution is -2.25. The van der Waals surface area contributed by atoms with E-state index in [1.807, 2.05) is 0 Å². The molecule has 1 atom stereocenters. The van der Waals surface area contributed by atoms with Gasteiger partial charge in [-0.3, -0.25) is 0 Å². The Labute approximate surface area is 113 Å². The van der Waals surface area contributed by atoms with Gasteiger partial charge in [0, 0.05) is 6.54 Å². The van der Waals surface area contributed by atoms with E-state index in [1.54, 1.807) is 0 Å². The van der Waals surface area contributed by atoms with Crippen molar-refractivity contribution >= 4 is 11.6 Å². The van der Waals surface area contributed by atoms with Crippen molar-refractivity contribution in [2.24, 2.45) is 11.3 Å². The lowest BCUT2D eigenvalue weighted by atomic mass is 9.89. The Hall–Kier alpha value is -1.60. The zero-order chi connectivity index (χ0) is 14.5. The number of nitrogens with zero attached hydrogens (tertiary/aromatic N) is 2. The largest absolute Gasteiger partial charge is 0.490 e. The number of nitrogens with one attached hydrogen (secondary N) is 2. The predicted octanol–water partition coefficient (Wildman–Crippen LogP) is 0.980. The smallest absolute Gasteiger partial charge is 0.205 e. The molecule has 0 saturated heterocycles. The molecule has 7 nitrogen and oxygen atoms in total. The van der Waals surface area contributed by atoms with Gasteiger partial charge in [-0.2, -0.15) is 0 Å². The molecule has 0 aliphatic heterocycles. The van der Waals surface area contributed by atoms with Gasteiger partial charge < -0.3 is 20.6 Å². The van der Waals surface area contributed by atoms with Crippen LogP contribution in [0.5, 0.6) is 5.75 Å². The standard InChI is InChI=1S/C12H23N5O2/c1-12(2,3)5-8(18)6-14-10-9(19-4)11(17-13)16-7-15-10/h7-8,18H,5-6,13H2,1-4H3,(H2,14,15,16,17). The summed E-state index contributed by atoms with van der Waals surface area (Å²) < 4.78 is 5.19. The summed E-state index contributed by atoms with van der Waals surface area (Å²) in [6.07, 6.45) is 1.60. The van der Waals surface area contributed by atoms with E-state index in [-0.39, 0.29) is 5.41 Å². The predicted molar refractivity (Wildman–Crippen MR) is 75.0 cm³/mol.